The number of rotatable bonds is 5. The zero-order valence-electron chi connectivity index (χ0n) is 13.7. The first-order valence-electron chi connectivity index (χ1n) is 7.93. The minimum absolute atomic E-state index is 0.404. The summed E-state index contributed by atoms with van der Waals surface area (Å²) in [5.74, 6) is 0. The highest BCUT2D eigenvalue weighted by Gasteiger charge is 2.42. The lowest BCUT2D eigenvalue weighted by molar-refractivity contribution is 0.167. The van der Waals surface area contributed by atoms with E-state index in [4.69, 9.17) is 0 Å². The van der Waals surface area contributed by atoms with E-state index >= 15 is 0 Å². The third-order valence-electron chi connectivity index (χ3n) is 4.82. The minimum Gasteiger partial charge on any atom is -0.312 e. The van der Waals surface area contributed by atoms with E-state index < -0.39 is 0 Å². The first-order chi connectivity index (χ1) is 9.44. The number of nitrogens with zero attached hydrogens (tertiary/aromatic N) is 1. The van der Waals surface area contributed by atoms with E-state index in [-0.39, 0.29) is 0 Å². The third kappa shape index (κ3) is 3.42. The van der Waals surface area contributed by atoms with Crippen LogP contribution in [0.3, 0.4) is 0 Å². The molecule has 1 aliphatic rings. The monoisotopic (exact) mass is 274 g/mol. The van der Waals surface area contributed by atoms with Crippen LogP contribution in [0.15, 0.2) is 24.3 Å². The maximum Gasteiger partial charge on any atom is 0.0274 e. The first kappa shape index (κ1) is 15.5. The van der Waals surface area contributed by atoms with Crippen LogP contribution in [0.2, 0.25) is 0 Å². The topological polar surface area (TPSA) is 15.3 Å². The van der Waals surface area contributed by atoms with Crippen molar-refractivity contribution in [3.63, 3.8) is 0 Å². The van der Waals surface area contributed by atoms with Gasteiger partial charge in [0, 0.05) is 18.6 Å². The van der Waals surface area contributed by atoms with Crippen LogP contribution in [0.5, 0.6) is 0 Å². The fourth-order valence-electron chi connectivity index (χ4n) is 3.69. The van der Waals surface area contributed by atoms with Crippen molar-refractivity contribution in [3.8, 4) is 0 Å². The standard InChI is InChI=1S/C18H30N2/c1-6-19-17-16(10-11-18(17,3)4)20(5)13-15-9-7-8-14(2)12-15/h7-9,12,16-17,19H,6,10-11,13H2,1-5H3. The largest absolute Gasteiger partial charge is 0.312 e. The molecule has 0 amide bonds. The van der Waals surface area contributed by atoms with E-state index in [0.717, 1.165) is 13.1 Å². The molecule has 1 fully saturated rings. The summed E-state index contributed by atoms with van der Waals surface area (Å²) in [4.78, 5) is 2.54. The fraction of sp³-hybridized carbons (Fsp3) is 0.667. The van der Waals surface area contributed by atoms with Crippen molar-refractivity contribution >= 4 is 0 Å². The number of hydrogen-bond acceptors (Lipinski definition) is 2. The Balaban J connectivity index is 2.06. The summed E-state index contributed by atoms with van der Waals surface area (Å²) in [6, 6.07) is 10.1. The number of likely N-dealkylation sites (N-methyl/N-ethyl adjacent to an activating group) is 2. The van der Waals surface area contributed by atoms with Gasteiger partial charge in [0.15, 0.2) is 0 Å². The number of benzene rings is 1. The van der Waals surface area contributed by atoms with Gasteiger partial charge in [-0.25, -0.2) is 0 Å². The number of hydrogen-bond donors (Lipinski definition) is 1. The van der Waals surface area contributed by atoms with Gasteiger partial charge in [0.1, 0.15) is 0 Å². The summed E-state index contributed by atoms with van der Waals surface area (Å²) in [5, 5.41) is 3.72. The number of aryl methyl sites for hydroxylation is 1. The van der Waals surface area contributed by atoms with Gasteiger partial charge in [-0.05, 0) is 44.3 Å². The van der Waals surface area contributed by atoms with Gasteiger partial charge in [-0.1, -0.05) is 50.6 Å². The Labute approximate surface area is 124 Å². The van der Waals surface area contributed by atoms with Crippen molar-refractivity contribution in [1.82, 2.24) is 10.2 Å². The smallest absolute Gasteiger partial charge is 0.0274 e. The lowest BCUT2D eigenvalue weighted by Crippen LogP contribution is -2.50. The molecule has 2 nitrogen and oxygen atoms in total. The molecular weight excluding hydrogens is 244 g/mol. The molecule has 1 saturated carbocycles. The molecule has 0 spiro atoms. The normalized spacial score (nSPS) is 25.3. The van der Waals surface area contributed by atoms with Gasteiger partial charge in [0.2, 0.25) is 0 Å². The summed E-state index contributed by atoms with van der Waals surface area (Å²) in [6.45, 7) is 11.3. The maximum absolute atomic E-state index is 3.72. The molecule has 2 heteroatoms. The van der Waals surface area contributed by atoms with E-state index in [1.54, 1.807) is 0 Å². The Morgan fingerprint density at radius 1 is 1.35 bits per heavy atom. The molecule has 2 unspecified atom stereocenters. The molecule has 0 bridgehead atoms. The summed E-state index contributed by atoms with van der Waals surface area (Å²) in [7, 11) is 2.28. The van der Waals surface area contributed by atoms with Crippen molar-refractivity contribution in [2.75, 3.05) is 13.6 Å². The SMILES string of the molecule is CCNC1C(N(C)Cc2cccc(C)c2)CCC1(C)C. The highest BCUT2D eigenvalue weighted by atomic mass is 15.2. The van der Waals surface area contributed by atoms with Gasteiger partial charge >= 0.3 is 0 Å². The Hall–Kier alpha value is -0.860. The predicted molar refractivity (Wildman–Crippen MR) is 86.9 cm³/mol. The average molecular weight is 274 g/mol. The van der Waals surface area contributed by atoms with Crippen LogP contribution in [0.25, 0.3) is 0 Å². The van der Waals surface area contributed by atoms with Crippen LogP contribution in [-0.4, -0.2) is 30.6 Å². The Bertz CT molecular complexity index is 439. The Morgan fingerprint density at radius 3 is 2.75 bits per heavy atom. The minimum atomic E-state index is 0.404. The highest BCUT2D eigenvalue weighted by Crippen LogP contribution is 2.39. The van der Waals surface area contributed by atoms with Crippen LogP contribution in [0.4, 0.5) is 0 Å². The summed E-state index contributed by atoms with van der Waals surface area (Å²) >= 11 is 0. The van der Waals surface area contributed by atoms with Crippen LogP contribution < -0.4 is 5.32 Å². The Morgan fingerprint density at radius 2 is 2.10 bits per heavy atom. The molecule has 112 valence electrons. The molecule has 0 aliphatic heterocycles. The molecule has 20 heavy (non-hydrogen) atoms. The molecule has 1 aromatic carbocycles. The summed E-state index contributed by atoms with van der Waals surface area (Å²) < 4.78 is 0. The number of nitrogens with one attached hydrogen (secondary N) is 1. The lowest BCUT2D eigenvalue weighted by Gasteiger charge is -2.36. The van der Waals surface area contributed by atoms with Crippen LogP contribution >= 0.6 is 0 Å². The maximum atomic E-state index is 3.72. The molecule has 1 aromatic rings. The molecule has 0 radical (unpaired) electrons. The van der Waals surface area contributed by atoms with E-state index in [9.17, 15) is 0 Å². The van der Waals surface area contributed by atoms with Gasteiger partial charge in [-0.15, -0.1) is 0 Å². The summed E-state index contributed by atoms with van der Waals surface area (Å²) in [6.07, 6.45) is 2.61. The van der Waals surface area contributed by atoms with Gasteiger partial charge < -0.3 is 5.32 Å². The van der Waals surface area contributed by atoms with Gasteiger partial charge in [-0.2, -0.15) is 0 Å². The molecule has 1 N–H and O–H groups in total. The predicted octanol–water partition coefficient (Wildman–Crippen LogP) is 3.59. The molecule has 0 heterocycles. The van der Waals surface area contributed by atoms with Crippen LogP contribution in [0, 0.1) is 12.3 Å². The first-order valence-corrected chi connectivity index (χ1v) is 7.93. The molecule has 2 atom stereocenters. The van der Waals surface area contributed by atoms with Crippen molar-refractivity contribution in [2.24, 2.45) is 5.41 Å². The second-order valence-corrected chi connectivity index (χ2v) is 7.03. The van der Waals surface area contributed by atoms with Gasteiger partial charge in [-0.3, -0.25) is 4.90 Å². The Kier molecular flexibility index (Phi) is 4.87. The molecule has 2 rings (SSSR count). The third-order valence-corrected chi connectivity index (χ3v) is 4.82. The second-order valence-electron chi connectivity index (χ2n) is 7.03. The van der Waals surface area contributed by atoms with Gasteiger partial charge in [0.25, 0.3) is 0 Å². The van der Waals surface area contributed by atoms with Crippen molar-refractivity contribution in [1.29, 1.82) is 0 Å². The second kappa shape index (κ2) is 6.28. The van der Waals surface area contributed by atoms with Crippen LogP contribution in [0.1, 0.15) is 44.7 Å². The highest BCUT2D eigenvalue weighted by molar-refractivity contribution is 5.22. The van der Waals surface area contributed by atoms with Crippen LogP contribution in [-0.2, 0) is 6.54 Å². The zero-order valence-corrected chi connectivity index (χ0v) is 13.7. The molecule has 0 aromatic heterocycles. The quantitative estimate of drug-likeness (QED) is 0.882. The van der Waals surface area contributed by atoms with Crippen molar-refractivity contribution in [3.05, 3.63) is 35.4 Å². The molecule has 1 aliphatic carbocycles. The molecule has 0 saturated heterocycles. The zero-order chi connectivity index (χ0) is 14.8. The molecular formula is C18H30N2. The average Bonchev–Trinajstić information content (AvgIpc) is 2.66. The summed E-state index contributed by atoms with van der Waals surface area (Å²) in [5.41, 5.74) is 3.18. The van der Waals surface area contributed by atoms with Gasteiger partial charge in [0.05, 0.1) is 0 Å². The fourth-order valence-corrected chi connectivity index (χ4v) is 3.69. The van der Waals surface area contributed by atoms with E-state index in [2.05, 4.69) is 69.2 Å². The lowest BCUT2D eigenvalue weighted by atomic mass is 9.86. The van der Waals surface area contributed by atoms with E-state index in [1.807, 2.05) is 0 Å². The van der Waals surface area contributed by atoms with Crippen molar-refractivity contribution < 1.29 is 0 Å². The van der Waals surface area contributed by atoms with Crippen molar-refractivity contribution in [2.45, 2.75) is 59.2 Å². The van der Waals surface area contributed by atoms with E-state index in [0.29, 0.717) is 17.5 Å². The van der Waals surface area contributed by atoms with E-state index in [1.165, 1.54) is 24.0 Å².